The molecule has 6 nitrogen and oxygen atoms in total. The van der Waals surface area contributed by atoms with Gasteiger partial charge in [0.25, 0.3) is 5.91 Å². The van der Waals surface area contributed by atoms with E-state index in [0.29, 0.717) is 48.6 Å². The van der Waals surface area contributed by atoms with Crippen molar-refractivity contribution in [2.75, 3.05) is 13.1 Å². The molecular formula is C21H21FN4O2S. The first-order valence-corrected chi connectivity index (χ1v) is 10.3. The van der Waals surface area contributed by atoms with E-state index in [1.165, 1.54) is 29.8 Å². The summed E-state index contributed by atoms with van der Waals surface area (Å²) in [4.78, 5) is 28.1. The van der Waals surface area contributed by atoms with Crippen LogP contribution in [0.25, 0.3) is 11.4 Å². The zero-order valence-corrected chi connectivity index (χ0v) is 16.8. The Morgan fingerprint density at radius 2 is 1.97 bits per heavy atom. The normalized spacial score (nSPS) is 16.0. The SMILES string of the molecule is Cc1nc(-c2ccncn2)c(C(=O)N2CCC(O)(Cc3ccc(F)cc3)CC2)s1. The van der Waals surface area contributed by atoms with Crippen LogP contribution in [0.3, 0.4) is 0 Å². The summed E-state index contributed by atoms with van der Waals surface area (Å²) in [6.45, 7) is 2.77. The second kappa shape index (κ2) is 7.96. The van der Waals surface area contributed by atoms with Gasteiger partial charge in [0.05, 0.1) is 16.3 Å². The van der Waals surface area contributed by atoms with E-state index in [-0.39, 0.29) is 11.7 Å². The highest BCUT2D eigenvalue weighted by Crippen LogP contribution is 2.31. The number of amides is 1. The fourth-order valence-corrected chi connectivity index (χ4v) is 4.50. The molecule has 3 heterocycles. The van der Waals surface area contributed by atoms with Crippen LogP contribution in [0, 0.1) is 12.7 Å². The van der Waals surface area contributed by atoms with Gasteiger partial charge in [-0.25, -0.2) is 19.3 Å². The van der Waals surface area contributed by atoms with Gasteiger partial charge in [-0.1, -0.05) is 12.1 Å². The molecule has 0 spiro atoms. The summed E-state index contributed by atoms with van der Waals surface area (Å²) in [7, 11) is 0. The topological polar surface area (TPSA) is 79.2 Å². The van der Waals surface area contributed by atoms with Crippen molar-refractivity contribution in [3.63, 3.8) is 0 Å². The molecule has 29 heavy (non-hydrogen) atoms. The van der Waals surface area contributed by atoms with Gasteiger partial charge < -0.3 is 10.0 Å². The lowest BCUT2D eigenvalue weighted by Crippen LogP contribution is -2.47. The van der Waals surface area contributed by atoms with Gasteiger partial charge in [0, 0.05) is 25.7 Å². The van der Waals surface area contributed by atoms with Crippen LogP contribution < -0.4 is 0 Å². The predicted octanol–water partition coefficient (Wildman–Crippen LogP) is 3.26. The summed E-state index contributed by atoms with van der Waals surface area (Å²) in [5, 5.41) is 11.7. The lowest BCUT2D eigenvalue weighted by molar-refractivity contribution is -0.0161. The summed E-state index contributed by atoms with van der Waals surface area (Å²) in [5.41, 5.74) is 1.19. The van der Waals surface area contributed by atoms with Crippen LogP contribution in [0.15, 0.2) is 42.9 Å². The summed E-state index contributed by atoms with van der Waals surface area (Å²) in [6.07, 6.45) is 4.45. The maximum atomic E-state index is 13.1. The molecular weight excluding hydrogens is 391 g/mol. The summed E-state index contributed by atoms with van der Waals surface area (Å²) in [6, 6.07) is 7.93. The van der Waals surface area contributed by atoms with Crippen LogP contribution in [0.2, 0.25) is 0 Å². The predicted molar refractivity (Wildman–Crippen MR) is 108 cm³/mol. The fraction of sp³-hybridized carbons (Fsp3) is 0.333. The van der Waals surface area contributed by atoms with Crippen LogP contribution in [-0.2, 0) is 6.42 Å². The van der Waals surface area contributed by atoms with Crippen molar-refractivity contribution in [2.45, 2.75) is 31.8 Å². The van der Waals surface area contributed by atoms with Crippen LogP contribution in [-0.4, -0.2) is 49.6 Å². The van der Waals surface area contributed by atoms with Gasteiger partial charge >= 0.3 is 0 Å². The van der Waals surface area contributed by atoms with Crippen molar-refractivity contribution >= 4 is 17.2 Å². The molecule has 2 aromatic heterocycles. The van der Waals surface area contributed by atoms with Crippen LogP contribution in [0.1, 0.15) is 33.1 Å². The van der Waals surface area contributed by atoms with Gasteiger partial charge in [-0.15, -0.1) is 11.3 Å². The molecule has 1 aliphatic heterocycles. The van der Waals surface area contributed by atoms with Crippen molar-refractivity contribution in [1.29, 1.82) is 0 Å². The van der Waals surface area contributed by atoms with E-state index in [9.17, 15) is 14.3 Å². The van der Waals surface area contributed by atoms with Gasteiger partial charge in [-0.3, -0.25) is 4.79 Å². The zero-order valence-electron chi connectivity index (χ0n) is 16.0. The maximum absolute atomic E-state index is 13.1. The van der Waals surface area contributed by atoms with E-state index >= 15 is 0 Å². The van der Waals surface area contributed by atoms with Gasteiger partial charge in [0.1, 0.15) is 22.7 Å². The van der Waals surface area contributed by atoms with Crippen molar-refractivity contribution in [1.82, 2.24) is 19.9 Å². The maximum Gasteiger partial charge on any atom is 0.266 e. The molecule has 1 aliphatic rings. The molecule has 4 rings (SSSR count). The highest BCUT2D eigenvalue weighted by Gasteiger charge is 2.35. The molecule has 0 unspecified atom stereocenters. The molecule has 150 valence electrons. The Morgan fingerprint density at radius 1 is 1.24 bits per heavy atom. The minimum atomic E-state index is -0.895. The average Bonchev–Trinajstić information content (AvgIpc) is 3.12. The van der Waals surface area contributed by atoms with Gasteiger partial charge in [0.15, 0.2) is 0 Å². The Labute approximate surface area is 172 Å². The molecule has 0 radical (unpaired) electrons. The zero-order chi connectivity index (χ0) is 20.4. The quantitative estimate of drug-likeness (QED) is 0.712. The van der Waals surface area contributed by atoms with Crippen LogP contribution >= 0.6 is 11.3 Å². The van der Waals surface area contributed by atoms with E-state index in [2.05, 4.69) is 15.0 Å². The van der Waals surface area contributed by atoms with E-state index < -0.39 is 5.60 Å². The molecule has 1 fully saturated rings. The molecule has 1 aromatic carbocycles. The highest BCUT2D eigenvalue weighted by molar-refractivity contribution is 7.14. The molecule has 3 aromatic rings. The Morgan fingerprint density at radius 3 is 2.62 bits per heavy atom. The molecule has 1 amide bonds. The van der Waals surface area contributed by atoms with E-state index in [4.69, 9.17) is 0 Å². The smallest absolute Gasteiger partial charge is 0.266 e. The Bertz CT molecular complexity index is 999. The number of aryl methyl sites for hydroxylation is 1. The van der Waals surface area contributed by atoms with Crippen LogP contribution in [0.4, 0.5) is 4.39 Å². The third kappa shape index (κ3) is 4.33. The summed E-state index contributed by atoms with van der Waals surface area (Å²) < 4.78 is 13.1. The summed E-state index contributed by atoms with van der Waals surface area (Å²) >= 11 is 1.35. The number of rotatable bonds is 4. The second-order valence-electron chi connectivity index (χ2n) is 7.33. The highest BCUT2D eigenvalue weighted by atomic mass is 32.1. The Balaban J connectivity index is 1.46. The number of piperidine rings is 1. The van der Waals surface area contributed by atoms with Gasteiger partial charge in [-0.05, 0) is 43.5 Å². The molecule has 1 N–H and O–H groups in total. The largest absolute Gasteiger partial charge is 0.389 e. The fourth-order valence-electron chi connectivity index (χ4n) is 3.61. The number of hydrogen-bond acceptors (Lipinski definition) is 6. The van der Waals surface area contributed by atoms with E-state index in [1.807, 2.05) is 6.92 Å². The van der Waals surface area contributed by atoms with Crippen molar-refractivity contribution < 1.29 is 14.3 Å². The molecule has 0 atom stereocenters. The van der Waals surface area contributed by atoms with Gasteiger partial charge in [0.2, 0.25) is 0 Å². The number of carbonyl (C=O) groups is 1. The molecule has 8 heteroatoms. The number of nitrogens with zero attached hydrogens (tertiary/aromatic N) is 4. The monoisotopic (exact) mass is 412 g/mol. The molecule has 0 bridgehead atoms. The Kier molecular flexibility index (Phi) is 5.38. The van der Waals surface area contributed by atoms with Crippen LogP contribution in [0.5, 0.6) is 0 Å². The van der Waals surface area contributed by atoms with E-state index in [0.717, 1.165) is 10.6 Å². The number of halogens is 1. The third-order valence-corrected chi connectivity index (χ3v) is 6.14. The van der Waals surface area contributed by atoms with E-state index in [1.54, 1.807) is 29.3 Å². The first-order chi connectivity index (χ1) is 13.9. The Hall–Kier alpha value is -2.71. The third-order valence-electron chi connectivity index (χ3n) is 5.18. The number of thiazole rings is 1. The number of aliphatic hydroxyl groups is 1. The lowest BCUT2D eigenvalue weighted by Gasteiger charge is -2.38. The van der Waals surface area contributed by atoms with Gasteiger partial charge in [-0.2, -0.15) is 0 Å². The second-order valence-corrected chi connectivity index (χ2v) is 8.53. The first-order valence-electron chi connectivity index (χ1n) is 9.43. The van der Waals surface area contributed by atoms with Crippen molar-refractivity contribution in [2.24, 2.45) is 0 Å². The molecule has 0 saturated carbocycles. The van der Waals surface area contributed by atoms with Crippen molar-refractivity contribution in [3.05, 3.63) is 64.1 Å². The summed E-state index contributed by atoms with van der Waals surface area (Å²) in [5.74, 6) is -0.381. The number of carbonyl (C=O) groups excluding carboxylic acids is 1. The minimum absolute atomic E-state index is 0.0898. The lowest BCUT2D eigenvalue weighted by atomic mass is 9.85. The number of hydrogen-bond donors (Lipinski definition) is 1. The molecule has 0 aliphatic carbocycles. The standard InChI is InChI=1S/C21H21FN4O2S/c1-14-25-18(17-6-9-23-13-24-17)19(29-14)20(27)26-10-7-21(28,8-11-26)12-15-2-4-16(22)5-3-15/h2-6,9,13,28H,7-8,10-12H2,1H3. The molecule has 1 saturated heterocycles. The minimum Gasteiger partial charge on any atom is -0.389 e. The number of benzene rings is 1. The average molecular weight is 412 g/mol. The van der Waals surface area contributed by atoms with Crippen molar-refractivity contribution in [3.8, 4) is 11.4 Å². The number of aromatic nitrogens is 3. The first kappa shape index (κ1) is 19.6. The number of likely N-dealkylation sites (tertiary alicyclic amines) is 1.